The summed E-state index contributed by atoms with van der Waals surface area (Å²) in [4.78, 5) is 2.09. The van der Waals surface area contributed by atoms with E-state index < -0.39 is 5.60 Å². The molecule has 2 rings (SSSR count). The standard InChI is InChI=1S/C15H20BrN3O/c1-15(20,12-7-5-4-6-8-12)14-13(16)11-17-19(14)10-9-18(2)3/h4-8,11,20H,9-10H2,1-3H3. The van der Waals surface area contributed by atoms with E-state index in [4.69, 9.17) is 0 Å². The van der Waals surface area contributed by atoms with Crippen molar-refractivity contribution in [3.63, 3.8) is 0 Å². The minimum atomic E-state index is -1.08. The van der Waals surface area contributed by atoms with Gasteiger partial charge in [0, 0.05) is 6.54 Å². The number of hydrogen-bond donors (Lipinski definition) is 1. The molecule has 1 aromatic carbocycles. The number of benzene rings is 1. The normalized spacial score (nSPS) is 14.5. The number of likely N-dealkylation sites (N-methyl/N-ethyl adjacent to an activating group) is 1. The first-order chi connectivity index (χ1) is 9.43. The number of aliphatic hydroxyl groups is 1. The predicted molar refractivity (Wildman–Crippen MR) is 83.6 cm³/mol. The van der Waals surface area contributed by atoms with Gasteiger partial charge in [-0.25, -0.2) is 0 Å². The van der Waals surface area contributed by atoms with Gasteiger partial charge in [0.2, 0.25) is 0 Å². The second-order valence-corrected chi connectivity index (χ2v) is 6.16. The van der Waals surface area contributed by atoms with Crippen LogP contribution >= 0.6 is 15.9 Å². The molecule has 0 saturated heterocycles. The first-order valence-electron chi connectivity index (χ1n) is 6.57. The third kappa shape index (κ3) is 3.11. The van der Waals surface area contributed by atoms with Crippen LogP contribution < -0.4 is 0 Å². The van der Waals surface area contributed by atoms with E-state index in [0.717, 1.165) is 28.8 Å². The molecule has 0 fully saturated rings. The maximum absolute atomic E-state index is 11.0. The van der Waals surface area contributed by atoms with Crippen LogP contribution in [-0.4, -0.2) is 40.4 Å². The van der Waals surface area contributed by atoms with Gasteiger partial charge in [0.1, 0.15) is 5.60 Å². The summed E-state index contributed by atoms with van der Waals surface area (Å²) in [6.07, 6.45) is 1.74. The maximum atomic E-state index is 11.0. The Hall–Kier alpha value is -1.17. The Morgan fingerprint density at radius 3 is 2.55 bits per heavy atom. The summed E-state index contributed by atoms with van der Waals surface area (Å²) in [6.45, 7) is 3.40. The highest BCUT2D eigenvalue weighted by Gasteiger charge is 2.31. The Kier molecular flexibility index (Phi) is 4.62. The highest BCUT2D eigenvalue weighted by atomic mass is 79.9. The van der Waals surface area contributed by atoms with Gasteiger partial charge < -0.3 is 10.0 Å². The van der Waals surface area contributed by atoms with Crippen LogP contribution in [0.2, 0.25) is 0 Å². The van der Waals surface area contributed by atoms with Crippen molar-refractivity contribution in [2.24, 2.45) is 0 Å². The van der Waals surface area contributed by atoms with Gasteiger partial charge in [0.15, 0.2) is 0 Å². The molecular weight excluding hydrogens is 318 g/mol. The van der Waals surface area contributed by atoms with Crippen molar-refractivity contribution in [3.05, 3.63) is 52.3 Å². The van der Waals surface area contributed by atoms with Crippen LogP contribution in [0.4, 0.5) is 0 Å². The van der Waals surface area contributed by atoms with Crippen LogP contribution in [0, 0.1) is 0 Å². The van der Waals surface area contributed by atoms with E-state index in [2.05, 4.69) is 25.9 Å². The molecule has 1 N–H and O–H groups in total. The highest BCUT2D eigenvalue weighted by Crippen LogP contribution is 2.33. The molecule has 0 spiro atoms. The Labute approximate surface area is 128 Å². The van der Waals surface area contributed by atoms with E-state index in [0.29, 0.717) is 0 Å². The predicted octanol–water partition coefficient (Wildman–Crippen LogP) is 2.46. The molecule has 0 saturated carbocycles. The average Bonchev–Trinajstić information content (AvgIpc) is 2.79. The van der Waals surface area contributed by atoms with Crippen molar-refractivity contribution in [1.29, 1.82) is 0 Å². The van der Waals surface area contributed by atoms with Gasteiger partial charge in [0.05, 0.1) is 22.9 Å². The molecule has 0 aliphatic heterocycles. The minimum Gasteiger partial charge on any atom is -0.379 e. The first kappa shape index (κ1) is 15.2. The second kappa shape index (κ2) is 6.08. The van der Waals surface area contributed by atoms with E-state index in [1.807, 2.05) is 49.1 Å². The first-order valence-corrected chi connectivity index (χ1v) is 7.36. The van der Waals surface area contributed by atoms with Crippen LogP contribution in [0.15, 0.2) is 41.0 Å². The molecule has 1 aromatic heterocycles. The largest absolute Gasteiger partial charge is 0.379 e. The fraction of sp³-hybridized carbons (Fsp3) is 0.400. The summed E-state index contributed by atoms with van der Waals surface area (Å²) in [5.41, 5.74) is 0.556. The number of nitrogens with zero attached hydrogens (tertiary/aromatic N) is 3. The Balaban J connectivity index is 2.38. The zero-order valence-corrected chi connectivity index (χ0v) is 13.6. The van der Waals surface area contributed by atoms with Crippen molar-refractivity contribution < 1.29 is 5.11 Å². The van der Waals surface area contributed by atoms with Crippen molar-refractivity contribution in [2.75, 3.05) is 20.6 Å². The molecule has 0 bridgehead atoms. The molecule has 2 aromatic rings. The van der Waals surface area contributed by atoms with E-state index in [9.17, 15) is 5.11 Å². The van der Waals surface area contributed by atoms with Gasteiger partial charge in [-0.05, 0) is 42.5 Å². The Morgan fingerprint density at radius 2 is 1.95 bits per heavy atom. The minimum absolute atomic E-state index is 0.733. The molecule has 0 radical (unpaired) electrons. The smallest absolute Gasteiger partial charge is 0.129 e. The lowest BCUT2D eigenvalue weighted by Gasteiger charge is -2.26. The molecule has 0 aliphatic rings. The molecule has 0 aliphatic carbocycles. The van der Waals surface area contributed by atoms with Crippen LogP contribution in [0.5, 0.6) is 0 Å². The SMILES string of the molecule is CN(C)CCn1ncc(Br)c1C(C)(O)c1ccccc1. The monoisotopic (exact) mass is 337 g/mol. The third-order valence-corrected chi connectivity index (χ3v) is 3.93. The van der Waals surface area contributed by atoms with Gasteiger partial charge in [-0.1, -0.05) is 30.3 Å². The lowest BCUT2D eigenvalue weighted by Crippen LogP contribution is -2.29. The molecule has 1 heterocycles. The summed E-state index contributed by atoms with van der Waals surface area (Å²) in [5, 5.41) is 15.3. The van der Waals surface area contributed by atoms with Crippen LogP contribution in [0.1, 0.15) is 18.2 Å². The molecule has 1 unspecified atom stereocenters. The van der Waals surface area contributed by atoms with Gasteiger partial charge >= 0.3 is 0 Å². The quantitative estimate of drug-likeness (QED) is 0.911. The summed E-state index contributed by atoms with van der Waals surface area (Å²) in [5.74, 6) is 0. The van der Waals surface area contributed by atoms with Gasteiger partial charge in [-0.2, -0.15) is 5.10 Å². The molecule has 108 valence electrons. The lowest BCUT2D eigenvalue weighted by molar-refractivity contribution is 0.0901. The zero-order valence-electron chi connectivity index (χ0n) is 12.0. The van der Waals surface area contributed by atoms with Crippen molar-refractivity contribution in [2.45, 2.75) is 19.1 Å². The summed E-state index contributed by atoms with van der Waals surface area (Å²) in [6, 6.07) is 9.65. The fourth-order valence-electron chi connectivity index (χ4n) is 2.21. The van der Waals surface area contributed by atoms with Gasteiger partial charge in [-0.15, -0.1) is 0 Å². The van der Waals surface area contributed by atoms with Crippen LogP contribution in [0.3, 0.4) is 0 Å². The number of halogens is 1. The third-order valence-electron chi connectivity index (χ3n) is 3.35. The summed E-state index contributed by atoms with van der Waals surface area (Å²) >= 11 is 3.50. The Bertz CT molecular complexity index is 564. The fourth-order valence-corrected chi connectivity index (χ4v) is 2.89. The Morgan fingerprint density at radius 1 is 1.30 bits per heavy atom. The van der Waals surface area contributed by atoms with Crippen molar-refractivity contribution >= 4 is 15.9 Å². The molecule has 5 heteroatoms. The van der Waals surface area contributed by atoms with Gasteiger partial charge in [0.25, 0.3) is 0 Å². The van der Waals surface area contributed by atoms with E-state index in [1.54, 1.807) is 13.1 Å². The highest BCUT2D eigenvalue weighted by molar-refractivity contribution is 9.10. The van der Waals surface area contributed by atoms with Crippen molar-refractivity contribution in [3.8, 4) is 0 Å². The molecule has 20 heavy (non-hydrogen) atoms. The van der Waals surface area contributed by atoms with E-state index >= 15 is 0 Å². The lowest BCUT2D eigenvalue weighted by atomic mass is 9.92. The zero-order chi connectivity index (χ0) is 14.8. The van der Waals surface area contributed by atoms with Gasteiger partial charge in [-0.3, -0.25) is 4.68 Å². The van der Waals surface area contributed by atoms with Crippen molar-refractivity contribution in [1.82, 2.24) is 14.7 Å². The van der Waals surface area contributed by atoms with E-state index in [1.165, 1.54) is 0 Å². The molecule has 4 nitrogen and oxygen atoms in total. The number of aromatic nitrogens is 2. The summed E-state index contributed by atoms with van der Waals surface area (Å²) < 4.78 is 2.68. The number of hydrogen-bond acceptors (Lipinski definition) is 3. The molecule has 1 atom stereocenters. The molecule has 0 amide bonds. The van der Waals surface area contributed by atoms with Crippen LogP contribution in [-0.2, 0) is 12.1 Å². The number of rotatable bonds is 5. The molecular formula is C15H20BrN3O. The van der Waals surface area contributed by atoms with Crippen LogP contribution in [0.25, 0.3) is 0 Å². The maximum Gasteiger partial charge on any atom is 0.129 e. The summed E-state index contributed by atoms with van der Waals surface area (Å²) in [7, 11) is 4.04. The average molecular weight is 338 g/mol. The topological polar surface area (TPSA) is 41.3 Å². The van der Waals surface area contributed by atoms with E-state index in [-0.39, 0.29) is 0 Å². The second-order valence-electron chi connectivity index (χ2n) is 5.31.